The van der Waals surface area contributed by atoms with Crippen LogP contribution in [0.2, 0.25) is 0 Å². The summed E-state index contributed by atoms with van der Waals surface area (Å²) in [7, 11) is 0. The molecule has 0 saturated heterocycles. The average molecular weight is 289 g/mol. The second-order valence-corrected chi connectivity index (χ2v) is 5.43. The number of aryl methyl sites for hydroxylation is 1. The number of fused-ring (bicyclic) bond motifs is 1. The van der Waals surface area contributed by atoms with Crippen LogP contribution in [0.15, 0.2) is 28.7 Å². The number of nitrogens with one attached hydrogen (secondary N) is 1. The van der Waals surface area contributed by atoms with Gasteiger partial charge in [0.15, 0.2) is 5.76 Å². The summed E-state index contributed by atoms with van der Waals surface area (Å²) in [5.74, 6) is 0.520. The summed E-state index contributed by atoms with van der Waals surface area (Å²) in [5.41, 5.74) is 1.61. The van der Waals surface area contributed by atoms with Gasteiger partial charge in [-0.25, -0.2) is 0 Å². The number of benzene rings is 1. The standard InChI is InChI=1S/C17H23NO3/c1-3-6-13(9-10-19)11-18-17(20)16-12(2)14-7-4-5-8-15(14)21-16/h4-5,7-8,13,19H,3,6,9-11H2,1-2H3,(H,18,20). The van der Waals surface area contributed by atoms with Crippen LogP contribution >= 0.6 is 0 Å². The molecule has 0 aliphatic carbocycles. The third kappa shape index (κ3) is 3.64. The molecular weight excluding hydrogens is 266 g/mol. The van der Waals surface area contributed by atoms with Crippen molar-refractivity contribution < 1.29 is 14.3 Å². The molecule has 1 amide bonds. The quantitative estimate of drug-likeness (QED) is 0.822. The molecule has 1 atom stereocenters. The minimum Gasteiger partial charge on any atom is -0.451 e. The number of furan rings is 1. The normalized spacial score (nSPS) is 12.5. The third-order valence-electron chi connectivity index (χ3n) is 3.84. The number of carbonyl (C=O) groups is 1. The topological polar surface area (TPSA) is 62.5 Å². The molecule has 0 radical (unpaired) electrons. The SMILES string of the molecule is CCCC(CCO)CNC(=O)c1oc2ccccc2c1C. The van der Waals surface area contributed by atoms with E-state index in [-0.39, 0.29) is 12.5 Å². The highest BCUT2D eigenvalue weighted by Crippen LogP contribution is 2.24. The average Bonchev–Trinajstić information content (AvgIpc) is 2.83. The first kappa shape index (κ1) is 15.6. The summed E-state index contributed by atoms with van der Waals surface area (Å²) >= 11 is 0. The van der Waals surface area contributed by atoms with Crippen molar-refractivity contribution in [3.05, 3.63) is 35.6 Å². The summed E-state index contributed by atoms with van der Waals surface area (Å²) in [6.45, 7) is 4.74. The Balaban J connectivity index is 2.06. The van der Waals surface area contributed by atoms with E-state index >= 15 is 0 Å². The lowest BCUT2D eigenvalue weighted by Gasteiger charge is -2.15. The molecule has 0 bridgehead atoms. The first-order valence-electron chi connectivity index (χ1n) is 7.54. The Morgan fingerprint density at radius 1 is 1.33 bits per heavy atom. The molecule has 1 aromatic carbocycles. The molecule has 0 saturated carbocycles. The predicted octanol–water partition coefficient (Wildman–Crippen LogP) is 3.27. The van der Waals surface area contributed by atoms with E-state index in [9.17, 15) is 4.79 Å². The lowest BCUT2D eigenvalue weighted by atomic mass is 10.0. The molecule has 0 aliphatic rings. The number of aliphatic hydroxyl groups is 1. The summed E-state index contributed by atoms with van der Waals surface area (Å²) in [5, 5.41) is 13.0. The molecule has 2 N–H and O–H groups in total. The lowest BCUT2D eigenvalue weighted by molar-refractivity contribution is 0.0916. The molecular formula is C17H23NO3. The minimum absolute atomic E-state index is 0.157. The van der Waals surface area contributed by atoms with Crippen molar-refractivity contribution in [3.63, 3.8) is 0 Å². The number of rotatable bonds is 7. The Labute approximate surface area is 125 Å². The van der Waals surface area contributed by atoms with E-state index in [1.165, 1.54) is 0 Å². The van der Waals surface area contributed by atoms with Gasteiger partial charge in [-0.3, -0.25) is 4.79 Å². The number of para-hydroxylation sites is 1. The largest absolute Gasteiger partial charge is 0.451 e. The Kier molecular flexibility index (Phi) is 5.39. The third-order valence-corrected chi connectivity index (χ3v) is 3.84. The molecule has 2 aromatic rings. The molecule has 1 heterocycles. The Morgan fingerprint density at radius 2 is 2.10 bits per heavy atom. The van der Waals surface area contributed by atoms with Crippen LogP contribution < -0.4 is 5.32 Å². The summed E-state index contributed by atoms with van der Waals surface area (Å²) in [6.07, 6.45) is 2.76. The van der Waals surface area contributed by atoms with Crippen LogP contribution in [0.4, 0.5) is 0 Å². The van der Waals surface area contributed by atoms with E-state index < -0.39 is 0 Å². The van der Waals surface area contributed by atoms with Crippen LogP contribution in [0.1, 0.15) is 42.3 Å². The molecule has 114 valence electrons. The zero-order valence-electron chi connectivity index (χ0n) is 12.7. The molecule has 4 nitrogen and oxygen atoms in total. The van der Waals surface area contributed by atoms with Crippen LogP contribution in [0, 0.1) is 12.8 Å². The second kappa shape index (κ2) is 7.27. The van der Waals surface area contributed by atoms with Gasteiger partial charge in [0.25, 0.3) is 5.91 Å². The van der Waals surface area contributed by atoms with Crippen LogP contribution in [0.5, 0.6) is 0 Å². The van der Waals surface area contributed by atoms with Crippen molar-refractivity contribution in [1.82, 2.24) is 5.32 Å². The number of carbonyl (C=O) groups excluding carboxylic acids is 1. The molecule has 0 aliphatic heterocycles. The Hall–Kier alpha value is -1.81. The van der Waals surface area contributed by atoms with Crippen LogP contribution in [-0.2, 0) is 0 Å². The molecule has 0 spiro atoms. The fourth-order valence-corrected chi connectivity index (χ4v) is 2.65. The van der Waals surface area contributed by atoms with E-state index in [0.717, 1.165) is 29.4 Å². The van der Waals surface area contributed by atoms with Gasteiger partial charge in [-0.1, -0.05) is 31.5 Å². The maximum atomic E-state index is 12.3. The van der Waals surface area contributed by atoms with E-state index in [4.69, 9.17) is 9.52 Å². The maximum absolute atomic E-state index is 12.3. The first-order valence-corrected chi connectivity index (χ1v) is 7.54. The summed E-state index contributed by atoms with van der Waals surface area (Å²) < 4.78 is 5.65. The van der Waals surface area contributed by atoms with Gasteiger partial charge in [0, 0.05) is 24.1 Å². The molecule has 1 unspecified atom stereocenters. The number of hydrogen-bond acceptors (Lipinski definition) is 3. The van der Waals surface area contributed by atoms with Crippen LogP contribution in [-0.4, -0.2) is 24.2 Å². The smallest absolute Gasteiger partial charge is 0.287 e. The van der Waals surface area contributed by atoms with Crippen LogP contribution in [0.3, 0.4) is 0 Å². The molecule has 21 heavy (non-hydrogen) atoms. The fraction of sp³-hybridized carbons (Fsp3) is 0.471. The zero-order valence-corrected chi connectivity index (χ0v) is 12.7. The molecule has 1 aromatic heterocycles. The van der Waals surface area contributed by atoms with Gasteiger partial charge in [0.1, 0.15) is 5.58 Å². The highest BCUT2D eigenvalue weighted by molar-refractivity contribution is 5.98. The van der Waals surface area contributed by atoms with Crippen molar-refractivity contribution >= 4 is 16.9 Å². The van der Waals surface area contributed by atoms with E-state index in [0.29, 0.717) is 24.6 Å². The van der Waals surface area contributed by atoms with Gasteiger partial charge in [-0.15, -0.1) is 0 Å². The van der Waals surface area contributed by atoms with E-state index in [1.807, 2.05) is 31.2 Å². The Bertz CT molecular complexity index is 597. The Morgan fingerprint density at radius 3 is 2.76 bits per heavy atom. The van der Waals surface area contributed by atoms with Crippen molar-refractivity contribution in [2.45, 2.75) is 33.1 Å². The van der Waals surface area contributed by atoms with Crippen LogP contribution in [0.25, 0.3) is 11.0 Å². The van der Waals surface area contributed by atoms with Gasteiger partial charge < -0.3 is 14.8 Å². The van der Waals surface area contributed by atoms with Crippen molar-refractivity contribution in [2.24, 2.45) is 5.92 Å². The lowest BCUT2D eigenvalue weighted by Crippen LogP contribution is -2.29. The number of hydrogen-bond donors (Lipinski definition) is 2. The minimum atomic E-state index is -0.178. The first-order chi connectivity index (χ1) is 10.2. The zero-order chi connectivity index (χ0) is 15.2. The number of amides is 1. The predicted molar refractivity (Wildman–Crippen MR) is 83.4 cm³/mol. The van der Waals surface area contributed by atoms with Gasteiger partial charge in [0.2, 0.25) is 0 Å². The van der Waals surface area contributed by atoms with Gasteiger partial charge >= 0.3 is 0 Å². The van der Waals surface area contributed by atoms with Gasteiger partial charge in [-0.2, -0.15) is 0 Å². The molecule has 2 rings (SSSR count). The van der Waals surface area contributed by atoms with E-state index in [2.05, 4.69) is 12.2 Å². The van der Waals surface area contributed by atoms with Gasteiger partial charge in [-0.05, 0) is 31.7 Å². The molecule has 0 fully saturated rings. The van der Waals surface area contributed by atoms with Gasteiger partial charge in [0.05, 0.1) is 0 Å². The van der Waals surface area contributed by atoms with E-state index in [1.54, 1.807) is 0 Å². The highest BCUT2D eigenvalue weighted by atomic mass is 16.3. The summed E-state index contributed by atoms with van der Waals surface area (Å²) in [4.78, 5) is 12.3. The van der Waals surface area contributed by atoms with Crippen molar-refractivity contribution in [3.8, 4) is 0 Å². The highest BCUT2D eigenvalue weighted by Gasteiger charge is 2.18. The second-order valence-electron chi connectivity index (χ2n) is 5.43. The molecule has 4 heteroatoms. The monoisotopic (exact) mass is 289 g/mol. The maximum Gasteiger partial charge on any atom is 0.287 e. The van der Waals surface area contributed by atoms with Crippen molar-refractivity contribution in [1.29, 1.82) is 0 Å². The fourth-order valence-electron chi connectivity index (χ4n) is 2.65. The summed E-state index contributed by atoms with van der Waals surface area (Å²) in [6, 6.07) is 7.65. The van der Waals surface area contributed by atoms with Crippen molar-refractivity contribution in [2.75, 3.05) is 13.2 Å². The number of aliphatic hydroxyl groups excluding tert-OH is 1.